The fraction of sp³-hybridized carbons (Fsp3) is 0.395. The van der Waals surface area contributed by atoms with Gasteiger partial charge < -0.3 is 24.5 Å². The highest BCUT2D eigenvalue weighted by atomic mass is 16.5. The highest BCUT2D eigenvalue weighted by Gasteiger charge is 2.50. The van der Waals surface area contributed by atoms with Crippen molar-refractivity contribution in [1.29, 1.82) is 0 Å². The molecule has 14 heteroatoms. The van der Waals surface area contributed by atoms with Crippen molar-refractivity contribution in [1.82, 2.24) is 29.2 Å². The lowest BCUT2D eigenvalue weighted by Gasteiger charge is -2.56. The number of pyridine rings is 2. The van der Waals surface area contributed by atoms with Gasteiger partial charge >= 0.3 is 6.03 Å². The molecule has 5 fully saturated rings. The van der Waals surface area contributed by atoms with Crippen LogP contribution < -0.4 is 15.1 Å². The number of aromatic nitrogens is 5. The Hall–Kier alpha value is -5.63. The number of ether oxygens (including phenoxy) is 1. The van der Waals surface area contributed by atoms with Crippen LogP contribution in [-0.4, -0.2) is 92.6 Å². The van der Waals surface area contributed by atoms with Crippen LogP contribution in [0.25, 0.3) is 16.6 Å². The van der Waals surface area contributed by atoms with Crippen LogP contribution in [0.3, 0.4) is 0 Å². The van der Waals surface area contributed by atoms with Gasteiger partial charge in [0.25, 0.3) is 6.47 Å². The summed E-state index contributed by atoms with van der Waals surface area (Å²) in [6.07, 6.45) is 9.26. The topological polar surface area (TPSA) is 158 Å². The molecular weight excluding hydrogens is 662 g/mol. The maximum atomic E-state index is 13.0. The van der Waals surface area contributed by atoms with Crippen LogP contribution in [0.4, 0.5) is 21.9 Å². The van der Waals surface area contributed by atoms with Crippen molar-refractivity contribution >= 4 is 52.0 Å². The van der Waals surface area contributed by atoms with Gasteiger partial charge in [-0.25, -0.2) is 19.7 Å². The zero-order valence-corrected chi connectivity index (χ0v) is 29.0. The molecule has 1 spiro atoms. The summed E-state index contributed by atoms with van der Waals surface area (Å²) in [7, 11) is 1.53. The zero-order valence-electron chi connectivity index (χ0n) is 29.0. The first kappa shape index (κ1) is 32.3. The first-order chi connectivity index (χ1) is 25.2. The molecule has 0 radical (unpaired) electrons. The number of likely N-dealkylation sites (N-methyl/N-ethyl adjacent to an activating group) is 1. The van der Waals surface area contributed by atoms with Gasteiger partial charge in [0.05, 0.1) is 42.1 Å². The average molecular weight is 702 g/mol. The molecule has 1 aromatic carbocycles. The fourth-order valence-electron chi connectivity index (χ4n) is 7.81. The van der Waals surface area contributed by atoms with E-state index in [1.807, 2.05) is 35.9 Å². The molecule has 0 bridgehead atoms. The van der Waals surface area contributed by atoms with E-state index in [0.717, 1.165) is 85.1 Å². The Kier molecular flexibility index (Phi) is 7.61. The number of hydrogen-bond donors (Lipinski definition) is 2. The normalized spacial score (nSPS) is 21.6. The average Bonchev–Trinajstić information content (AvgIpc) is 4.03. The number of urea groups is 1. The third-order valence-corrected chi connectivity index (χ3v) is 10.9. The SMILES string of the molecule is Cc1ccnc([C@H]2C[C@@H]2c2cc(N3CC4(COC4)C3)c3ccc(NCc4cn5cc(C6CC6)cc(N6CC(=O)N(C)C6=O)c5n4)cc3n2)n1.O=CO. The van der Waals surface area contributed by atoms with E-state index in [0.29, 0.717) is 35.1 Å². The molecule has 3 saturated heterocycles. The van der Waals surface area contributed by atoms with E-state index >= 15 is 0 Å². The Balaban J connectivity index is 0.00000116. The largest absolute Gasteiger partial charge is 0.483 e. The number of hydrogen-bond acceptors (Lipinski definition) is 10. The maximum absolute atomic E-state index is 13.0. The number of anilines is 3. The molecule has 0 unspecified atom stereocenters. The molecule has 10 rings (SSSR count). The van der Waals surface area contributed by atoms with Gasteiger partial charge in [-0.2, -0.15) is 0 Å². The number of carbonyl (C=O) groups excluding carboxylic acids is 2. The van der Waals surface area contributed by atoms with E-state index in [9.17, 15) is 9.59 Å². The van der Waals surface area contributed by atoms with Crippen LogP contribution >= 0.6 is 0 Å². The molecule has 3 aliphatic heterocycles. The van der Waals surface area contributed by atoms with Crippen molar-refractivity contribution < 1.29 is 24.2 Å². The van der Waals surface area contributed by atoms with Gasteiger partial charge in [-0.05, 0) is 74.1 Å². The minimum atomic E-state index is -0.316. The van der Waals surface area contributed by atoms with Gasteiger partial charge in [0, 0.05) is 78.7 Å². The summed E-state index contributed by atoms with van der Waals surface area (Å²) in [6, 6.07) is 12.4. The number of nitrogens with one attached hydrogen (secondary N) is 1. The van der Waals surface area contributed by atoms with Crippen LogP contribution in [0.2, 0.25) is 0 Å². The monoisotopic (exact) mass is 701 g/mol. The third-order valence-electron chi connectivity index (χ3n) is 10.9. The van der Waals surface area contributed by atoms with Gasteiger partial charge in [0.15, 0.2) is 5.65 Å². The lowest BCUT2D eigenvalue weighted by Crippen LogP contribution is -2.66. The van der Waals surface area contributed by atoms with Crippen LogP contribution in [0.5, 0.6) is 0 Å². The van der Waals surface area contributed by atoms with E-state index in [-0.39, 0.29) is 30.9 Å². The van der Waals surface area contributed by atoms with Crippen molar-refractivity contribution in [3.8, 4) is 0 Å². The molecule has 3 amide bonds. The number of imidazole rings is 1. The highest BCUT2D eigenvalue weighted by Crippen LogP contribution is 2.54. The Bertz CT molecular complexity index is 2260. The van der Waals surface area contributed by atoms with E-state index < -0.39 is 0 Å². The molecular formula is C38H39N9O5. The van der Waals surface area contributed by atoms with Crippen LogP contribution in [0.1, 0.15) is 65.5 Å². The summed E-state index contributed by atoms with van der Waals surface area (Å²) >= 11 is 0. The van der Waals surface area contributed by atoms with Gasteiger partial charge in [-0.15, -0.1) is 0 Å². The first-order valence-corrected chi connectivity index (χ1v) is 17.7. The summed E-state index contributed by atoms with van der Waals surface area (Å²) in [5.41, 5.74) is 8.92. The predicted octanol–water partition coefficient (Wildman–Crippen LogP) is 4.68. The second kappa shape index (κ2) is 12.3. The minimum absolute atomic E-state index is 0.0272. The highest BCUT2D eigenvalue weighted by molar-refractivity contribution is 6.13. The second-order valence-corrected chi connectivity index (χ2v) is 14.8. The van der Waals surface area contributed by atoms with Crippen molar-refractivity contribution in [2.45, 2.75) is 50.5 Å². The number of carboxylic acid groups (broad SMARTS) is 1. The molecule has 4 aromatic heterocycles. The summed E-state index contributed by atoms with van der Waals surface area (Å²) in [6.45, 7) is 5.99. The number of amides is 3. The molecule has 2 saturated carbocycles. The van der Waals surface area contributed by atoms with E-state index in [2.05, 4.69) is 45.7 Å². The number of carbonyl (C=O) groups is 3. The quantitative estimate of drug-likeness (QED) is 0.171. The fourth-order valence-corrected chi connectivity index (χ4v) is 7.81. The lowest BCUT2D eigenvalue weighted by atomic mass is 9.77. The van der Waals surface area contributed by atoms with Crippen molar-refractivity contribution in [3.05, 3.63) is 83.5 Å². The molecule has 52 heavy (non-hydrogen) atoms. The van der Waals surface area contributed by atoms with Gasteiger partial charge in [-0.1, -0.05) is 0 Å². The maximum Gasteiger partial charge on any atom is 0.331 e. The molecule has 2 aliphatic carbocycles. The van der Waals surface area contributed by atoms with E-state index in [4.69, 9.17) is 29.6 Å². The Morgan fingerprint density at radius 1 is 1.02 bits per heavy atom. The lowest BCUT2D eigenvalue weighted by molar-refractivity contribution is -0.126. The van der Waals surface area contributed by atoms with E-state index in [1.165, 1.54) is 23.2 Å². The molecule has 266 valence electrons. The number of rotatable bonds is 8. The summed E-state index contributed by atoms with van der Waals surface area (Å²) in [4.78, 5) is 58.4. The molecule has 2 atom stereocenters. The summed E-state index contributed by atoms with van der Waals surface area (Å²) in [5, 5.41) is 11.6. The molecule has 2 N–H and O–H groups in total. The number of benzene rings is 1. The molecule has 5 aromatic rings. The van der Waals surface area contributed by atoms with Crippen molar-refractivity contribution in [3.63, 3.8) is 0 Å². The molecule has 14 nitrogen and oxygen atoms in total. The van der Waals surface area contributed by atoms with E-state index in [1.54, 1.807) is 4.90 Å². The summed E-state index contributed by atoms with van der Waals surface area (Å²) in [5.74, 6) is 1.77. The molecule has 5 aliphatic rings. The van der Waals surface area contributed by atoms with Crippen LogP contribution in [-0.2, 0) is 20.9 Å². The summed E-state index contributed by atoms with van der Waals surface area (Å²) < 4.78 is 7.57. The van der Waals surface area contributed by atoms with Gasteiger partial charge in [0.2, 0.25) is 5.91 Å². The first-order valence-electron chi connectivity index (χ1n) is 17.7. The Labute approximate surface area is 299 Å². The molecule has 7 heterocycles. The standard InChI is InChI=1S/C37H37N9O3.CH2O2/c1-21-7-8-38-34(40-21)28-11-27(28)30-12-31(45-17-37(18-45)19-49-20-37)26-6-5-24(10-29(26)42-30)39-13-25-15-44-14-23(22-3-4-22)9-32(35(44)41-25)46-16-33(47)43(2)36(46)48;2-1-3/h5-10,12,14-15,22,27-28,39H,3-4,11,13,16-20H2,1-2H3;1H,(H,2,3)/t27-,28-;/m0./s1. The predicted molar refractivity (Wildman–Crippen MR) is 193 cm³/mol. The van der Waals surface area contributed by atoms with Crippen LogP contribution in [0.15, 0.2) is 55.0 Å². The van der Waals surface area contributed by atoms with Crippen LogP contribution in [0, 0.1) is 12.3 Å². The minimum Gasteiger partial charge on any atom is -0.483 e. The third kappa shape index (κ3) is 5.67. The zero-order chi connectivity index (χ0) is 35.7. The van der Waals surface area contributed by atoms with Crippen molar-refractivity contribution in [2.24, 2.45) is 5.41 Å². The van der Waals surface area contributed by atoms with Gasteiger partial charge in [-0.3, -0.25) is 24.4 Å². The Morgan fingerprint density at radius 3 is 2.52 bits per heavy atom. The van der Waals surface area contributed by atoms with Crippen molar-refractivity contribution in [2.75, 3.05) is 55.0 Å². The smallest absolute Gasteiger partial charge is 0.331 e. The number of imide groups is 1. The number of aryl methyl sites for hydroxylation is 1. The number of nitrogens with zero attached hydrogens (tertiary/aromatic N) is 8. The number of fused-ring (bicyclic) bond motifs is 2. The Morgan fingerprint density at radius 2 is 1.83 bits per heavy atom. The van der Waals surface area contributed by atoms with Gasteiger partial charge in [0.1, 0.15) is 12.4 Å². The second-order valence-electron chi connectivity index (χ2n) is 14.8.